The molecule has 130 valence electrons. The molecule has 0 aliphatic carbocycles. The number of hydrogen-bond donors (Lipinski definition) is 1. The van der Waals surface area contributed by atoms with Crippen molar-refractivity contribution in [1.82, 2.24) is 24.7 Å². The number of aromatic nitrogens is 5. The van der Waals surface area contributed by atoms with Gasteiger partial charge in [-0.15, -0.1) is 0 Å². The van der Waals surface area contributed by atoms with Gasteiger partial charge in [0.25, 0.3) is 0 Å². The molecule has 1 N–H and O–H groups in total. The molecule has 0 aliphatic rings. The molecule has 6 nitrogen and oxygen atoms in total. The summed E-state index contributed by atoms with van der Waals surface area (Å²) in [5.74, 6) is -3.47. The van der Waals surface area contributed by atoms with Crippen molar-refractivity contribution in [2.24, 2.45) is 0 Å². The van der Waals surface area contributed by atoms with E-state index in [0.717, 1.165) is 24.7 Å². The highest BCUT2D eigenvalue weighted by atomic mass is 19.1. The van der Waals surface area contributed by atoms with Crippen molar-refractivity contribution in [3.63, 3.8) is 0 Å². The highest BCUT2D eigenvalue weighted by Gasteiger charge is 2.41. The second-order valence-corrected chi connectivity index (χ2v) is 5.62. The Kier molecular flexibility index (Phi) is 4.49. The van der Waals surface area contributed by atoms with E-state index < -0.39 is 29.0 Å². The molecule has 3 rings (SSSR count). The van der Waals surface area contributed by atoms with Gasteiger partial charge in [0.05, 0.1) is 18.4 Å². The predicted octanol–water partition coefficient (Wildman–Crippen LogP) is 2.18. The Balaban J connectivity index is 2.13. The third-order valence-electron chi connectivity index (χ3n) is 4.09. The Morgan fingerprint density at radius 2 is 1.96 bits per heavy atom. The van der Waals surface area contributed by atoms with Crippen LogP contribution in [0.4, 0.5) is 13.2 Å². The quantitative estimate of drug-likeness (QED) is 0.764. The van der Waals surface area contributed by atoms with E-state index in [0.29, 0.717) is 6.07 Å². The molecular weight excluding hydrogens is 335 g/mol. The molecule has 25 heavy (non-hydrogen) atoms. The van der Waals surface area contributed by atoms with Gasteiger partial charge in [-0.1, -0.05) is 13.0 Å². The van der Waals surface area contributed by atoms with Crippen LogP contribution in [-0.2, 0) is 12.1 Å². The molecule has 0 bridgehead atoms. The fourth-order valence-corrected chi connectivity index (χ4v) is 2.72. The maximum absolute atomic E-state index is 14.4. The molecule has 0 aliphatic heterocycles. The fraction of sp³-hybridized carbons (Fsp3) is 0.250. The lowest BCUT2D eigenvalue weighted by Gasteiger charge is -2.34. The van der Waals surface area contributed by atoms with Gasteiger partial charge in [0.2, 0.25) is 0 Å². The van der Waals surface area contributed by atoms with Crippen molar-refractivity contribution >= 4 is 0 Å². The molecular formula is C16H14F3N5O. The summed E-state index contributed by atoms with van der Waals surface area (Å²) in [7, 11) is 0. The average Bonchev–Trinajstić information content (AvgIpc) is 3.07. The van der Waals surface area contributed by atoms with Crippen molar-refractivity contribution < 1.29 is 18.3 Å². The summed E-state index contributed by atoms with van der Waals surface area (Å²) in [5.41, 5.74) is -2.25. The number of halogens is 3. The first-order valence-corrected chi connectivity index (χ1v) is 7.37. The Hall–Kier alpha value is -2.81. The molecule has 0 radical (unpaired) electrons. The second kappa shape index (κ2) is 6.60. The zero-order chi connectivity index (χ0) is 18.0. The minimum absolute atomic E-state index is 0.0960. The largest absolute Gasteiger partial charge is 0.382 e. The average molecular weight is 349 g/mol. The smallest absolute Gasteiger partial charge is 0.163 e. The van der Waals surface area contributed by atoms with Gasteiger partial charge in [0.1, 0.15) is 36.2 Å². The number of nitrogens with zero attached hydrogens (tertiary/aromatic N) is 5. The van der Waals surface area contributed by atoms with Crippen LogP contribution in [0.3, 0.4) is 0 Å². The summed E-state index contributed by atoms with van der Waals surface area (Å²) >= 11 is 0. The van der Waals surface area contributed by atoms with Crippen LogP contribution in [0.15, 0.2) is 43.4 Å². The van der Waals surface area contributed by atoms with E-state index >= 15 is 0 Å². The summed E-state index contributed by atoms with van der Waals surface area (Å²) < 4.78 is 43.0. The lowest BCUT2D eigenvalue weighted by Crippen LogP contribution is -2.39. The van der Waals surface area contributed by atoms with Gasteiger partial charge in [0.15, 0.2) is 5.82 Å². The van der Waals surface area contributed by atoms with E-state index in [1.807, 2.05) is 0 Å². The van der Waals surface area contributed by atoms with Crippen LogP contribution in [-0.4, -0.2) is 29.8 Å². The molecule has 0 unspecified atom stereocenters. The van der Waals surface area contributed by atoms with Crippen molar-refractivity contribution in [2.75, 3.05) is 0 Å². The zero-order valence-corrected chi connectivity index (χ0v) is 13.1. The lowest BCUT2D eigenvalue weighted by atomic mass is 9.79. The van der Waals surface area contributed by atoms with Gasteiger partial charge >= 0.3 is 0 Å². The standard InChI is InChI=1S/C16H14F3N5O/c1-10(15-14(19)5-20-7-22-15)16(25,6-24-9-21-8-23-24)12-3-2-11(17)4-13(12)18/h2-5,7-10,25H,6H2,1H3/t10-,16-/m0/s1. The number of rotatable bonds is 5. The first kappa shape index (κ1) is 17.0. The van der Waals surface area contributed by atoms with Crippen LogP contribution in [0.1, 0.15) is 24.1 Å². The Morgan fingerprint density at radius 1 is 1.16 bits per heavy atom. The third kappa shape index (κ3) is 3.22. The first-order chi connectivity index (χ1) is 11.9. The van der Waals surface area contributed by atoms with E-state index in [1.165, 1.54) is 24.3 Å². The molecule has 0 amide bonds. The second-order valence-electron chi connectivity index (χ2n) is 5.62. The third-order valence-corrected chi connectivity index (χ3v) is 4.09. The molecule has 2 atom stereocenters. The molecule has 2 aromatic heterocycles. The Bertz CT molecular complexity index is 874. The van der Waals surface area contributed by atoms with Crippen molar-refractivity contribution in [1.29, 1.82) is 0 Å². The van der Waals surface area contributed by atoms with Crippen LogP contribution in [0.5, 0.6) is 0 Å². The van der Waals surface area contributed by atoms with Crippen molar-refractivity contribution in [3.8, 4) is 0 Å². The van der Waals surface area contributed by atoms with Gasteiger partial charge in [-0.2, -0.15) is 5.10 Å². The molecule has 0 spiro atoms. The van der Waals surface area contributed by atoms with Gasteiger partial charge in [-0.05, 0) is 6.07 Å². The number of hydrogen-bond acceptors (Lipinski definition) is 5. The van der Waals surface area contributed by atoms with Crippen molar-refractivity contribution in [2.45, 2.75) is 25.0 Å². The van der Waals surface area contributed by atoms with Gasteiger partial charge < -0.3 is 5.11 Å². The Labute approximate surface area is 141 Å². The maximum Gasteiger partial charge on any atom is 0.163 e. The summed E-state index contributed by atoms with van der Waals surface area (Å²) in [6.07, 6.45) is 4.66. The first-order valence-electron chi connectivity index (χ1n) is 7.37. The van der Waals surface area contributed by atoms with Gasteiger partial charge in [-0.25, -0.2) is 32.8 Å². The normalized spacial score (nSPS) is 14.9. The fourth-order valence-electron chi connectivity index (χ4n) is 2.72. The molecule has 3 aromatic rings. The molecule has 0 saturated carbocycles. The van der Waals surface area contributed by atoms with E-state index in [9.17, 15) is 18.3 Å². The van der Waals surface area contributed by atoms with Gasteiger partial charge in [-0.3, -0.25) is 0 Å². The van der Waals surface area contributed by atoms with Crippen LogP contribution >= 0.6 is 0 Å². The summed E-state index contributed by atoms with van der Waals surface area (Å²) in [4.78, 5) is 11.2. The van der Waals surface area contributed by atoms with Crippen molar-refractivity contribution in [3.05, 3.63) is 72.1 Å². The summed E-state index contributed by atoms with van der Waals surface area (Å²) in [6, 6.07) is 2.80. The van der Waals surface area contributed by atoms with Crippen LogP contribution in [0, 0.1) is 17.5 Å². The zero-order valence-electron chi connectivity index (χ0n) is 13.1. The number of aliphatic hydroxyl groups is 1. The number of benzene rings is 1. The minimum Gasteiger partial charge on any atom is -0.382 e. The van der Waals surface area contributed by atoms with Crippen LogP contribution in [0.2, 0.25) is 0 Å². The topological polar surface area (TPSA) is 76.7 Å². The molecule has 0 saturated heterocycles. The molecule has 0 fully saturated rings. The SMILES string of the molecule is C[C@@H](c1ncncc1F)[C@@](O)(Cn1cncn1)c1ccc(F)cc1F. The van der Waals surface area contributed by atoms with Crippen LogP contribution < -0.4 is 0 Å². The summed E-state index contributed by atoms with van der Waals surface area (Å²) in [6.45, 7) is 1.26. The molecule has 2 heterocycles. The monoisotopic (exact) mass is 349 g/mol. The van der Waals surface area contributed by atoms with Crippen LogP contribution in [0.25, 0.3) is 0 Å². The Morgan fingerprint density at radius 3 is 2.60 bits per heavy atom. The molecule has 1 aromatic carbocycles. The van der Waals surface area contributed by atoms with E-state index in [4.69, 9.17) is 0 Å². The van der Waals surface area contributed by atoms with E-state index in [1.54, 1.807) is 0 Å². The van der Waals surface area contributed by atoms with E-state index in [-0.39, 0.29) is 17.8 Å². The highest BCUT2D eigenvalue weighted by molar-refractivity contribution is 5.30. The minimum atomic E-state index is -1.96. The van der Waals surface area contributed by atoms with Gasteiger partial charge in [0, 0.05) is 17.5 Å². The van der Waals surface area contributed by atoms with E-state index in [2.05, 4.69) is 20.1 Å². The summed E-state index contributed by atoms with van der Waals surface area (Å²) in [5, 5.41) is 15.2. The lowest BCUT2D eigenvalue weighted by molar-refractivity contribution is -0.0133. The highest BCUT2D eigenvalue weighted by Crippen LogP contribution is 2.39. The maximum atomic E-state index is 14.4. The predicted molar refractivity (Wildman–Crippen MR) is 80.7 cm³/mol. The molecule has 9 heteroatoms.